The summed E-state index contributed by atoms with van der Waals surface area (Å²) in [6.45, 7) is 8.31. The topological polar surface area (TPSA) is 180 Å². The van der Waals surface area contributed by atoms with E-state index in [0.29, 0.717) is 28.7 Å². The van der Waals surface area contributed by atoms with Gasteiger partial charge < -0.3 is 39.8 Å². The van der Waals surface area contributed by atoms with Crippen molar-refractivity contribution in [3.05, 3.63) is 36.7 Å². The monoisotopic (exact) mass is 1010 g/mol. The summed E-state index contributed by atoms with van der Waals surface area (Å²) >= 11 is 0. The summed E-state index contributed by atoms with van der Waals surface area (Å²) in [5.74, 6) is -0.465. The van der Waals surface area contributed by atoms with E-state index in [0.717, 1.165) is 37.3 Å². The molecule has 2 saturated heterocycles. The molecule has 6 rings (SSSR count). The van der Waals surface area contributed by atoms with Gasteiger partial charge in [0.1, 0.15) is 14.3 Å². The van der Waals surface area contributed by atoms with Crippen molar-refractivity contribution in [2.45, 2.75) is 75.4 Å². The molecule has 3 amide bonds. The largest absolute Gasteiger partial charge is 0.434 e. The van der Waals surface area contributed by atoms with Crippen LogP contribution in [-0.2, 0) is 23.5 Å². The number of carbonyl (C=O) groups is 3. The van der Waals surface area contributed by atoms with Crippen molar-refractivity contribution in [2.75, 3.05) is 63.5 Å². The maximum atomic E-state index is 12.6. The van der Waals surface area contributed by atoms with Gasteiger partial charge in [-0.3, -0.25) is 19.6 Å². The van der Waals surface area contributed by atoms with Gasteiger partial charge in [0, 0.05) is 24.9 Å². The number of likely N-dealkylation sites (tertiary alicyclic amines) is 1. The third-order valence-corrected chi connectivity index (χ3v) is 13.9. The van der Waals surface area contributed by atoms with E-state index in [2.05, 4.69) is 30.7 Å². The molecule has 28 heteroatoms. The van der Waals surface area contributed by atoms with Gasteiger partial charge in [-0.25, -0.2) is 4.79 Å². The maximum Gasteiger partial charge on any atom is 0.434 e. The van der Waals surface area contributed by atoms with E-state index in [9.17, 15) is 76.2 Å². The molecule has 65 heavy (non-hydrogen) atoms. The van der Waals surface area contributed by atoms with Crippen LogP contribution in [0.15, 0.2) is 36.7 Å². The minimum Gasteiger partial charge on any atom is -0.426 e. The highest BCUT2D eigenvalue weighted by molar-refractivity contribution is 7.70. The lowest BCUT2D eigenvalue weighted by molar-refractivity contribution is -0.309. The smallest absolute Gasteiger partial charge is 0.426 e. The van der Waals surface area contributed by atoms with E-state index in [4.69, 9.17) is 5.11 Å². The molecule has 2 aromatic rings. The molecule has 368 valence electrons. The van der Waals surface area contributed by atoms with Gasteiger partial charge in [-0.15, -0.1) is 12.4 Å². The molecular formula is C37H47ClF12N6O7P2. The molecule has 2 atom stereocenters. The van der Waals surface area contributed by atoms with Crippen LogP contribution in [0.3, 0.4) is 0 Å². The Morgan fingerprint density at radius 1 is 0.692 bits per heavy atom. The lowest BCUT2D eigenvalue weighted by Crippen LogP contribution is -2.49. The standard InChI is InChI=1S/C19H22F6N3O4P.C15H22N3O2P.C3H2F6O.ClH/c1-33(2,31)13-4-3-11(10-26-13)27-14(29)12-9-17(12)5-7-28(8-6-17)16(30)32-15(18(20,21)22)19(23,24)25;1-21(2,20)13-4-3-11(10-17-13)18-14(19)12-9-15(12)5-7-16-8-6-15;4-2(5,6)1(10)3(7,8)9;/h3-4,10,12,15H,5-9H2,1-2H3,(H,27,29);3-4,10,12,16H,5-9H2,1-2H3,(H,18,19);1,10H;1H. The zero-order chi connectivity index (χ0) is 48.5. The van der Waals surface area contributed by atoms with Crippen molar-refractivity contribution in [3.8, 4) is 0 Å². The van der Waals surface area contributed by atoms with E-state index in [-0.39, 0.29) is 61.5 Å². The molecule has 2 spiro atoms. The minimum absolute atomic E-state index is 0. The van der Waals surface area contributed by atoms with Crippen molar-refractivity contribution in [1.82, 2.24) is 20.2 Å². The first-order valence-corrected chi connectivity index (χ1v) is 24.6. The number of aliphatic hydroxyl groups is 1. The molecule has 2 aliphatic carbocycles. The summed E-state index contributed by atoms with van der Waals surface area (Å²) in [4.78, 5) is 45.8. The Hall–Kier alpha value is -3.66. The highest BCUT2D eigenvalue weighted by Crippen LogP contribution is 2.60. The fourth-order valence-corrected chi connectivity index (χ4v) is 8.84. The average Bonchev–Trinajstić information content (AvgIpc) is 4.07. The molecule has 4 aliphatic rings. The molecular weight excluding hydrogens is 966 g/mol. The Balaban J connectivity index is 0.000000298. The number of ether oxygens (including phenoxy) is 1. The number of nitrogens with one attached hydrogen (secondary N) is 3. The zero-order valence-electron chi connectivity index (χ0n) is 34.9. The number of carbonyl (C=O) groups excluding carboxylic acids is 3. The van der Waals surface area contributed by atoms with E-state index in [1.807, 2.05) is 0 Å². The van der Waals surface area contributed by atoms with Gasteiger partial charge in [0.2, 0.25) is 17.9 Å². The molecule has 0 aromatic carbocycles. The summed E-state index contributed by atoms with van der Waals surface area (Å²) in [6, 6.07) is 6.66. The summed E-state index contributed by atoms with van der Waals surface area (Å²) < 4.78 is 169. The number of hydrogen-bond acceptors (Lipinski definition) is 10. The number of aliphatic hydroxyl groups excluding tert-OH is 1. The Labute approximate surface area is 370 Å². The Kier molecular flexibility index (Phi) is 17.4. The number of anilines is 2. The normalized spacial score (nSPS) is 20.4. The molecule has 0 bridgehead atoms. The van der Waals surface area contributed by atoms with Crippen LogP contribution in [0.25, 0.3) is 0 Å². The lowest BCUT2D eigenvalue weighted by atomic mass is 9.91. The number of amides is 3. The van der Waals surface area contributed by atoms with E-state index < -0.39 is 68.6 Å². The number of rotatable bonds is 7. The number of aromatic nitrogens is 2. The van der Waals surface area contributed by atoms with Crippen molar-refractivity contribution >= 4 is 66.8 Å². The highest BCUT2D eigenvalue weighted by atomic mass is 35.5. The second-order valence-electron chi connectivity index (χ2n) is 16.8. The Bertz CT molecular complexity index is 2040. The summed E-state index contributed by atoms with van der Waals surface area (Å²) in [6.07, 6.45) is -25.8. The van der Waals surface area contributed by atoms with Crippen LogP contribution in [0.5, 0.6) is 0 Å². The zero-order valence-corrected chi connectivity index (χ0v) is 37.5. The first kappa shape index (κ1) is 55.7. The maximum absolute atomic E-state index is 12.6. The highest BCUT2D eigenvalue weighted by Gasteiger charge is 2.62. The molecule has 2 aromatic heterocycles. The van der Waals surface area contributed by atoms with Crippen LogP contribution >= 0.6 is 26.7 Å². The van der Waals surface area contributed by atoms with E-state index in [1.165, 1.54) is 6.20 Å². The van der Waals surface area contributed by atoms with Crippen LogP contribution in [-0.4, -0.2) is 128 Å². The number of nitrogens with zero attached hydrogens (tertiary/aromatic N) is 3. The Morgan fingerprint density at radius 3 is 1.35 bits per heavy atom. The van der Waals surface area contributed by atoms with Gasteiger partial charge in [-0.05, 0) is 113 Å². The van der Waals surface area contributed by atoms with Crippen LogP contribution in [0.1, 0.15) is 38.5 Å². The quantitative estimate of drug-likeness (QED) is 0.160. The fourth-order valence-electron chi connectivity index (χ4n) is 7.30. The van der Waals surface area contributed by atoms with Gasteiger partial charge >= 0.3 is 30.8 Å². The van der Waals surface area contributed by atoms with Crippen LogP contribution < -0.4 is 26.8 Å². The van der Waals surface area contributed by atoms with Crippen molar-refractivity contribution in [3.63, 3.8) is 0 Å². The molecule has 13 nitrogen and oxygen atoms in total. The SMILES string of the molecule is CP(C)(=O)c1ccc(NC(=O)C2CC23CCN(C(=O)OC(C(F)(F)F)C(F)(F)F)CC3)cn1.CP(C)(=O)c1ccc(NC(=O)C2CC23CCNCC3)cn1.Cl.OC(C(F)(F)F)C(F)(F)F. The van der Waals surface area contributed by atoms with Crippen molar-refractivity contribution in [2.24, 2.45) is 22.7 Å². The summed E-state index contributed by atoms with van der Waals surface area (Å²) in [5, 5.41) is 16.5. The van der Waals surface area contributed by atoms with Gasteiger partial charge in [0.15, 0.2) is 0 Å². The first-order chi connectivity index (χ1) is 29.1. The van der Waals surface area contributed by atoms with Crippen LogP contribution in [0, 0.1) is 22.7 Å². The molecule has 4 N–H and O–H groups in total. The van der Waals surface area contributed by atoms with Gasteiger partial charge in [0.05, 0.1) is 34.6 Å². The fraction of sp³-hybridized carbons (Fsp3) is 0.649. The van der Waals surface area contributed by atoms with Crippen LogP contribution in [0.2, 0.25) is 0 Å². The van der Waals surface area contributed by atoms with Gasteiger partial charge in [-0.2, -0.15) is 52.7 Å². The number of hydrogen-bond donors (Lipinski definition) is 4. The lowest BCUT2D eigenvalue weighted by Gasteiger charge is -2.33. The average molecular weight is 1010 g/mol. The molecule has 2 aliphatic heterocycles. The number of piperidine rings is 2. The minimum atomic E-state index is -5.77. The number of alkyl halides is 12. The molecule has 2 unspecified atom stereocenters. The van der Waals surface area contributed by atoms with Crippen molar-refractivity contribution in [1.29, 1.82) is 0 Å². The molecule has 2 saturated carbocycles. The summed E-state index contributed by atoms with van der Waals surface area (Å²) in [7, 11) is -4.88. The first-order valence-electron chi connectivity index (χ1n) is 19.4. The Morgan fingerprint density at radius 2 is 1.06 bits per heavy atom. The van der Waals surface area contributed by atoms with Crippen LogP contribution in [0.4, 0.5) is 68.9 Å². The third kappa shape index (κ3) is 15.2. The third-order valence-electron chi connectivity index (χ3n) is 11.2. The molecule has 0 radical (unpaired) electrons. The summed E-state index contributed by atoms with van der Waals surface area (Å²) in [5.41, 5.74) is 1.89. The van der Waals surface area contributed by atoms with Gasteiger partial charge in [-0.1, -0.05) is 0 Å². The predicted octanol–water partition coefficient (Wildman–Crippen LogP) is 7.55. The predicted molar refractivity (Wildman–Crippen MR) is 216 cm³/mol. The molecule has 4 fully saturated rings. The second kappa shape index (κ2) is 20.3. The number of halogens is 13. The van der Waals surface area contributed by atoms with E-state index >= 15 is 0 Å². The van der Waals surface area contributed by atoms with Crippen molar-refractivity contribution < 1.29 is 86.0 Å². The van der Waals surface area contributed by atoms with E-state index in [1.54, 1.807) is 57.1 Å². The van der Waals surface area contributed by atoms with Gasteiger partial charge in [0.25, 0.3) is 6.10 Å². The number of pyridine rings is 2. The molecule has 4 heterocycles. The second-order valence-corrected chi connectivity index (χ2v) is 23.1.